The Labute approximate surface area is 222 Å². The first kappa shape index (κ1) is 25.3. The van der Waals surface area contributed by atoms with Crippen LogP contribution in [0.5, 0.6) is 17.2 Å². The van der Waals surface area contributed by atoms with Crippen molar-refractivity contribution >= 4 is 34.2 Å². The maximum Gasteiger partial charge on any atom is 0.338 e. The lowest BCUT2D eigenvalue weighted by Crippen LogP contribution is -2.40. The van der Waals surface area contributed by atoms with Gasteiger partial charge in [-0.2, -0.15) is 0 Å². The summed E-state index contributed by atoms with van der Waals surface area (Å²) in [5.41, 5.74) is 1.95. The molecule has 0 amide bonds. The molecular weight excluding hydrogens is 504 g/mol. The van der Waals surface area contributed by atoms with Crippen molar-refractivity contribution in [2.24, 2.45) is 4.99 Å². The third-order valence-electron chi connectivity index (χ3n) is 6.45. The average molecular weight is 531 g/mol. The van der Waals surface area contributed by atoms with Crippen LogP contribution in [0.15, 0.2) is 75.7 Å². The van der Waals surface area contributed by atoms with Crippen molar-refractivity contribution in [2.45, 2.75) is 19.9 Å². The molecule has 0 unspecified atom stereocenters. The second-order valence-corrected chi connectivity index (χ2v) is 9.65. The highest BCUT2D eigenvalue weighted by molar-refractivity contribution is 7.07. The summed E-state index contributed by atoms with van der Waals surface area (Å²) < 4.78 is 18.2. The quantitative estimate of drug-likeness (QED) is 0.382. The van der Waals surface area contributed by atoms with Gasteiger partial charge in [0.2, 0.25) is 0 Å². The van der Waals surface area contributed by atoms with Gasteiger partial charge >= 0.3 is 5.97 Å². The van der Waals surface area contributed by atoms with E-state index in [0.717, 1.165) is 16.3 Å². The number of phenolic OH excluding ortho intramolecular Hbond substituents is 1. The number of ether oxygens (including phenoxy) is 3. The molecule has 0 bridgehead atoms. The lowest BCUT2D eigenvalue weighted by molar-refractivity contribution is -0.139. The second kappa shape index (κ2) is 10.2. The largest absolute Gasteiger partial charge is 0.504 e. The number of benzene rings is 3. The Hall–Kier alpha value is -4.37. The van der Waals surface area contributed by atoms with E-state index in [2.05, 4.69) is 4.99 Å². The van der Waals surface area contributed by atoms with Crippen LogP contribution in [-0.2, 0) is 9.53 Å². The van der Waals surface area contributed by atoms with Gasteiger partial charge in [-0.15, -0.1) is 0 Å². The van der Waals surface area contributed by atoms with Gasteiger partial charge in [-0.05, 0) is 54.6 Å². The standard InChI is InChI=1S/C29H26N2O6S/c1-5-37-28(34)25-16(2)30-29-31(26(25)20-11-13-22(35-3)19-9-7-6-8-18(19)20)27(33)24(38-29)15-17-10-12-21(32)23(14-17)36-4/h6-15,26,32H,5H2,1-4H3/b24-15+/t26-/m0/s1. The van der Waals surface area contributed by atoms with E-state index in [1.807, 2.05) is 36.4 Å². The molecular formula is C29H26N2O6S. The van der Waals surface area contributed by atoms with Gasteiger partial charge in [-0.1, -0.05) is 47.7 Å². The monoisotopic (exact) mass is 530 g/mol. The number of hydrogen-bond donors (Lipinski definition) is 1. The van der Waals surface area contributed by atoms with E-state index in [-0.39, 0.29) is 17.9 Å². The van der Waals surface area contributed by atoms with Crippen molar-refractivity contribution in [2.75, 3.05) is 20.8 Å². The van der Waals surface area contributed by atoms with Gasteiger partial charge in [0.15, 0.2) is 16.3 Å². The molecule has 0 radical (unpaired) electrons. The summed E-state index contributed by atoms with van der Waals surface area (Å²) in [4.78, 5) is 32.3. The summed E-state index contributed by atoms with van der Waals surface area (Å²) >= 11 is 1.23. The summed E-state index contributed by atoms with van der Waals surface area (Å²) in [6.07, 6.45) is 1.72. The Balaban J connectivity index is 1.80. The summed E-state index contributed by atoms with van der Waals surface area (Å²) in [5, 5.41) is 11.7. The molecule has 1 aromatic heterocycles. The Bertz CT molecular complexity index is 1780. The van der Waals surface area contributed by atoms with Crippen LogP contribution in [0.25, 0.3) is 16.8 Å². The van der Waals surface area contributed by atoms with E-state index in [0.29, 0.717) is 37.7 Å². The molecule has 3 aromatic carbocycles. The van der Waals surface area contributed by atoms with E-state index < -0.39 is 12.0 Å². The highest BCUT2D eigenvalue weighted by Gasteiger charge is 2.34. The third-order valence-corrected chi connectivity index (χ3v) is 7.43. The van der Waals surface area contributed by atoms with E-state index in [1.165, 1.54) is 24.5 Å². The zero-order valence-corrected chi connectivity index (χ0v) is 22.2. The number of phenols is 1. The van der Waals surface area contributed by atoms with Crippen molar-refractivity contribution in [1.29, 1.82) is 0 Å². The molecule has 1 aliphatic heterocycles. The minimum Gasteiger partial charge on any atom is -0.504 e. The van der Waals surface area contributed by atoms with Crippen LogP contribution < -0.4 is 24.4 Å². The van der Waals surface area contributed by atoms with Gasteiger partial charge < -0.3 is 19.3 Å². The van der Waals surface area contributed by atoms with E-state index in [1.54, 1.807) is 43.7 Å². The molecule has 8 nitrogen and oxygen atoms in total. The molecule has 0 fully saturated rings. The van der Waals surface area contributed by atoms with Crippen molar-refractivity contribution in [3.8, 4) is 17.2 Å². The Morgan fingerprint density at radius 2 is 1.82 bits per heavy atom. The molecule has 0 aliphatic carbocycles. The molecule has 1 atom stereocenters. The highest BCUT2D eigenvalue weighted by Crippen LogP contribution is 2.38. The number of allylic oxidation sites excluding steroid dienone is 1. The van der Waals surface area contributed by atoms with Gasteiger partial charge in [0.25, 0.3) is 5.56 Å². The number of hydrogen-bond acceptors (Lipinski definition) is 8. The maximum absolute atomic E-state index is 13.9. The Kier molecular flexibility index (Phi) is 6.77. The summed E-state index contributed by atoms with van der Waals surface area (Å²) in [6.45, 7) is 3.69. The minimum atomic E-state index is -0.752. The molecule has 0 saturated heterocycles. The predicted molar refractivity (Wildman–Crippen MR) is 146 cm³/mol. The molecule has 1 N–H and O–H groups in total. The Morgan fingerprint density at radius 3 is 2.53 bits per heavy atom. The fraction of sp³-hybridized carbons (Fsp3) is 0.207. The first-order chi connectivity index (χ1) is 18.4. The minimum absolute atomic E-state index is 0.00666. The van der Waals surface area contributed by atoms with Gasteiger partial charge in [-0.25, -0.2) is 9.79 Å². The molecule has 2 heterocycles. The van der Waals surface area contributed by atoms with Gasteiger partial charge in [-0.3, -0.25) is 9.36 Å². The number of thiazole rings is 1. The van der Waals surface area contributed by atoms with Gasteiger partial charge in [0.05, 0.1) is 42.7 Å². The summed E-state index contributed by atoms with van der Waals surface area (Å²) in [7, 11) is 3.07. The molecule has 1 aliphatic rings. The van der Waals surface area contributed by atoms with Crippen LogP contribution in [-0.4, -0.2) is 36.5 Å². The molecule has 4 aromatic rings. The fourth-order valence-electron chi connectivity index (χ4n) is 4.73. The van der Waals surface area contributed by atoms with Crippen LogP contribution in [0.1, 0.15) is 31.0 Å². The van der Waals surface area contributed by atoms with Crippen LogP contribution >= 0.6 is 11.3 Å². The third kappa shape index (κ3) is 4.24. The first-order valence-electron chi connectivity index (χ1n) is 12.0. The molecule has 194 valence electrons. The average Bonchev–Trinajstić information content (AvgIpc) is 3.22. The highest BCUT2D eigenvalue weighted by atomic mass is 32.1. The summed E-state index contributed by atoms with van der Waals surface area (Å²) in [5.74, 6) is 0.481. The topological polar surface area (TPSA) is 99.4 Å². The lowest BCUT2D eigenvalue weighted by Gasteiger charge is -2.26. The van der Waals surface area contributed by atoms with Crippen LogP contribution in [0.4, 0.5) is 0 Å². The van der Waals surface area contributed by atoms with Crippen LogP contribution in [0, 0.1) is 0 Å². The molecule has 0 saturated carbocycles. The SMILES string of the molecule is CCOC(=O)C1=C(C)N=c2s/c(=C/c3ccc(O)c(OC)c3)c(=O)n2[C@H]1c1ccc(OC)c2ccccc12. The lowest BCUT2D eigenvalue weighted by atomic mass is 9.91. The molecule has 0 spiro atoms. The maximum atomic E-state index is 13.9. The number of methoxy groups -OCH3 is 2. The number of fused-ring (bicyclic) bond motifs is 2. The normalized spacial score (nSPS) is 15.3. The van der Waals surface area contributed by atoms with Crippen molar-refractivity contribution in [3.05, 3.63) is 96.7 Å². The van der Waals surface area contributed by atoms with E-state index >= 15 is 0 Å². The van der Waals surface area contributed by atoms with Crippen molar-refractivity contribution in [3.63, 3.8) is 0 Å². The zero-order chi connectivity index (χ0) is 27.0. The zero-order valence-electron chi connectivity index (χ0n) is 21.3. The van der Waals surface area contributed by atoms with E-state index in [9.17, 15) is 14.7 Å². The van der Waals surface area contributed by atoms with Crippen LogP contribution in [0.3, 0.4) is 0 Å². The van der Waals surface area contributed by atoms with Crippen LogP contribution in [0.2, 0.25) is 0 Å². The molecule has 38 heavy (non-hydrogen) atoms. The van der Waals surface area contributed by atoms with Crippen molar-refractivity contribution < 1.29 is 24.1 Å². The first-order valence-corrected chi connectivity index (χ1v) is 12.8. The van der Waals surface area contributed by atoms with Gasteiger partial charge in [0, 0.05) is 5.39 Å². The summed E-state index contributed by atoms with van der Waals surface area (Å²) in [6, 6.07) is 15.5. The molecule has 9 heteroatoms. The predicted octanol–water partition coefficient (Wildman–Crippen LogP) is 3.67. The smallest absolute Gasteiger partial charge is 0.338 e. The Morgan fingerprint density at radius 1 is 1.08 bits per heavy atom. The number of aromatic nitrogens is 1. The van der Waals surface area contributed by atoms with E-state index in [4.69, 9.17) is 14.2 Å². The second-order valence-electron chi connectivity index (χ2n) is 8.64. The molecule has 5 rings (SSSR count). The number of rotatable bonds is 6. The fourth-order valence-corrected chi connectivity index (χ4v) is 5.78. The number of esters is 1. The van der Waals surface area contributed by atoms with Crippen molar-refractivity contribution in [1.82, 2.24) is 4.57 Å². The van der Waals surface area contributed by atoms with Gasteiger partial charge in [0.1, 0.15) is 5.75 Å². The number of nitrogens with zero attached hydrogens (tertiary/aromatic N) is 2. The number of aromatic hydroxyl groups is 1. The number of carbonyl (C=O) groups excluding carboxylic acids is 1. The number of carbonyl (C=O) groups is 1.